The van der Waals surface area contributed by atoms with Crippen molar-refractivity contribution < 1.29 is 17.9 Å². The highest BCUT2D eigenvalue weighted by Crippen LogP contribution is 2.33. The van der Waals surface area contributed by atoms with Crippen molar-refractivity contribution >= 4 is 33.8 Å². The maximum Gasteiger partial charge on any atom is 0.573 e. The second kappa shape index (κ2) is 7.76. The molecule has 11 heteroatoms. The van der Waals surface area contributed by atoms with E-state index >= 15 is 0 Å². The summed E-state index contributed by atoms with van der Waals surface area (Å²) in [6.07, 6.45) is -3.72. The third kappa shape index (κ3) is 4.60. The predicted molar refractivity (Wildman–Crippen MR) is 104 cm³/mol. The van der Waals surface area contributed by atoms with Gasteiger partial charge in [0.15, 0.2) is 11.1 Å². The van der Waals surface area contributed by atoms with Gasteiger partial charge in [0, 0.05) is 29.4 Å². The second-order valence-electron chi connectivity index (χ2n) is 5.79. The van der Waals surface area contributed by atoms with E-state index in [9.17, 15) is 13.2 Å². The van der Waals surface area contributed by atoms with Crippen LogP contribution in [0.4, 0.5) is 18.3 Å². The summed E-state index contributed by atoms with van der Waals surface area (Å²) in [5, 5.41) is 11.3. The lowest BCUT2D eigenvalue weighted by molar-refractivity contribution is -0.274. The van der Waals surface area contributed by atoms with Crippen molar-refractivity contribution in [3.63, 3.8) is 0 Å². The molecule has 3 heterocycles. The first-order chi connectivity index (χ1) is 13.5. The van der Waals surface area contributed by atoms with Crippen molar-refractivity contribution in [3.8, 4) is 27.7 Å². The lowest BCUT2D eigenvalue weighted by Gasteiger charge is -2.13. The number of benzene rings is 1. The standard InChI is InChI=1S/C17H14F3N5OS2/c18-17(19,20)26-11-4-1-3-10(7-11)14-23-12(8-27-14)13-9-28-16(24-13)25-15-21-5-2-6-22-15/h1,3-4,7-9H,2,5-6H2,(H2,21,22,24,25). The van der Waals surface area contributed by atoms with Crippen LogP contribution < -0.4 is 15.4 Å². The highest BCUT2D eigenvalue weighted by Gasteiger charge is 2.31. The number of hydrogen-bond donors (Lipinski definition) is 2. The fourth-order valence-electron chi connectivity index (χ4n) is 2.52. The normalized spacial score (nSPS) is 14.3. The van der Waals surface area contributed by atoms with E-state index in [0.29, 0.717) is 33.1 Å². The Morgan fingerprint density at radius 3 is 2.71 bits per heavy atom. The molecule has 28 heavy (non-hydrogen) atoms. The molecule has 0 saturated heterocycles. The van der Waals surface area contributed by atoms with E-state index in [1.807, 2.05) is 10.8 Å². The summed E-state index contributed by atoms with van der Waals surface area (Å²) in [6, 6.07) is 5.76. The van der Waals surface area contributed by atoms with E-state index in [-0.39, 0.29) is 5.75 Å². The Labute approximate surface area is 166 Å². The number of hydrogen-bond acceptors (Lipinski definition) is 8. The number of aliphatic imine (C=N–C) groups is 1. The van der Waals surface area contributed by atoms with Crippen molar-refractivity contribution in [3.05, 3.63) is 35.0 Å². The highest BCUT2D eigenvalue weighted by atomic mass is 32.1. The molecule has 3 aromatic rings. The number of aromatic nitrogens is 2. The van der Waals surface area contributed by atoms with Gasteiger partial charge in [-0.05, 0) is 18.6 Å². The molecule has 0 aliphatic carbocycles. The average Bonchev–Trinajstić information content (AvgIpc) is 3.31. The molecule has 0 atom stereocenters. The van der Waals surface area contributed by atoms with E-state index in [2.05, 4.69) is 30.3 Å². The topological polar surface area (TPSA) is 71.4 Å². The van der Waals surface area contributed by atoms with Crippen molar-refractivity contribution in [2.75, 3.05) is 18.4 Å². The minimum atomic E-state index is -4.73. The van der Waals surface area contributed by atoms with Crippen LogP contribution in [0.2, 0.25) is 0 Å². The van der Waals surface area contributed by atoms with E-state index in [0.717, 1.165) is 19.5 Å². The average molecular weight is 425 g/mol. The van der Waals surface area contributed by atoms with E-state index in [4.69, 9.17) is 0 Å². The van der Waals surface area contributed by atoms with Crippen LogP contribution in [-0.2, 0) is 0 Å². The molecule has 0 fully saturated rings. The maximum absolute atomic E-state index is 12.4. The van der Waals surface area contributed by atoms with Gasteiger partial charge in [-0.25, -0.2) is 9.97 Å². The Bertz CT molecular complexity index is 999. The Kier molecular flexibility index (Phi) is 5.18. The van der Waals surface area contributed by atoms with Crippen molar-refractivity contribution in [2.45, 2.75) is 12.8 Å². The summed E-state index contributed by atoms with van der Waals surface area (Å²) in [4.78, 5) is 13.3. The first-order valence-electron chi connectivity index (χ1n) is 8.29. The molecule has 2 N–H and O–H groups in total. The number of ether oxygens (including phenoxy) is 1. The summed E-state index contributed by atoms with van der Waals surface area (Å²) in [5.41, 5.74) is 1.89. The molecule has 1 aliphatic rings. The van der Waals surface area contributed by atoms with E-state index in [1.165, 1.54) is 40.9 Å². The van der Waals surface area contributed by atoms with Gasteiger partial charge in [-0.15, -0.1) is 35.8 Å². The smallest absolute Gasteiger partial charge is 0.406 e. The fraction of sp³-hybridized carbons (Fsp3) is 0.235. The number of rotatable bonds is 4. The lowest BCUT2D eigenvalue weighted by atomic mass is 10.2. The number of guanidine groups is 1. The molecule has 1 aromatic carbocycles. The highest BCUT2D eigenvalue weighted by molar-refractivity contribution is 7.14. The van der Waals surface area contributed by atoms with Crippen LogP contribution in [0.3, 0.4) is 0 Å². The van der Waals surface area contributed by atoms with Gasteiger partial charge in [0.2, 0.25) is 0 Å². The molecule has 2 aromatic heterocycles. The molecule has 4 rings (SSSR count). The number of alkyl halides is 3. The van der Waals surface area contributed by atoms with Gasteiger partial charge in [-0.1, -0.05) is 12.1 Å². The zero-order valence-electron chi connectivity index (χ0n) is 14.3. The molecule has 146 valence electrons. The number of nitrogens with one attached hydrogen (secondary N) is 2. The van der Waals surface area contributed by atoms with Crippen LogP contribution in [0.25, 0.3) is 22.0 Å². The summed E-state index contributed by atoms with van der Waals surface area (Å²) in [5.74, 6) is 0.426. The summed E-state index contributed by atoms with van der Waals surface area (Å²) in [6.45, 7) is 1.65. The molecule has 0 unspecified atom stereocenters. The van der Waals surface area contributed by atoms with Gasteiger partial charge in [0.05, 0.1) is 0 Å². The number of nitrogens with zero attached hydrogens (tertiary/aromatic N) is 3. The molecule has 0 amide bonds. The van der Waals surface area contributed by atoms with Gasteiger partial charge in [-0.3, -0.25) is 4.99 Å². The summed E-state index contributed by atoms with van der Waals surface area (Å²) in [7, 11) is 0. The molecule has 0 spiro atoms. The number of anilines is 1. The van der Waals surface area contributed by atoms with E-state index < -0.39 is 6.36 Å². The summed E-state index contributed by atoms with van der Waals surface area (Å²) < 4.78 is 41.2. The molecule has 1 aliphatic heterocycles. The minimum Gasteiger partial charge on any atom is -0.406 e. The predicted octanol–water partition coefficient (Wildman–Crippen LogP) is 4.59. The van der Waals surface area contributed by atoms with Crippen LogP contribution in [0.5, 0.6) is 5.75 Å². The number of thiazole rings is 2. The quantitative estimate of drug-likeness (QED) is 0.640. The zero-order chi connectivity index (χ0) is 19.6. The minimum absolute atomic E-state index is 0.275. The monoisotopic (exact) mass is 425 g/mol. The fourth-order valence-corrected chi connectivity index (χ4v) is 4.03. The largest absolute Gasteiger partial charge is 0.573 e. The molecule has 0 radical (unpaired) electrons. The first-order valence-corrected chi connectivity index (χ1v) is 10.1. The molecule has 0 bridgehead atoms. The van der Waals surface area contributed by atoms with Gasteiger partial charge < -0.3 is 15.4 Å². The SMILES string of the molecule is FC(F)(F)Oc1cccc(-c2nc(-c3csc(NC4=NCCCN4)n3)cs2)c1. The maximum atomic E-state index is 12.4. The van der Waals surface area contributed by atoms with Crippen LogP contribution in [-0.4, -0.2) is 35.4 Å². The van der Waals surface area contributed by atoms with Gasteiger partial charge in [0.1, 0.15) is 22.1 Å². The van der Waals surface area contributed by atoms with Gasteiger partial charge in [-0.2, -0.15) is 0 Å². The first kappa shape index (κ1) is 18.7. The third-order valence-electron chi connectivity index (χ3n) is 3.71. The second-order valence-corrected chi connectivity index (χ2v) is 7.50. The van der Waals surface area contributed by atoms with Crippen molar-refractivity contribution in [1.82, 2.24) is 15.3 Å². The van der Waals surface area contributed by atoms with Crippen molar-refractivity contribution in [2.24, 2.45) is 4.99 Å². The third-order valence-corrected chi connectivity index (χ3v) is 5.36. The molecule has 6 nitrogen and oxygen atoms in total. The Morgan fingerprint density at radius 1 is 1.11 bits per heavy atom. The van der Waals surface area contributed by atoms with Crippen LogP contribution >= 0.6 is 22.7 Å². The molecular formula is C17H14F3N5OS2. The molecule has 0 saturated carbocycles. The van der Waals surface area contributed by atoms with Crippen LogP contribution in [0.1, 0.15) is 6.42 Å². The van der Waals surface area contributed by atoms with Gasteiger partial charge >= 0.3 is 6.36 Å². The Hall–Kier alpha value is -2.66. The van der Waals surface area contributed by atoms with E-state index in [1.54, 1.807) is 6.07 Å². The lowest BCUT2D eigenvalue weighted by Crippen LogP contribution is -2.35. The van der Waals surface area contributed by atoms with Crippen molar-refractivity contribution in [1.29, 1.82) is 0 Å². The van der Waals surface area contributed by atoms with Crippen LogP contribution in [0, 0.1) is 0 Å². The van der Waals surface area contributed by atoms with Gasteiger partial charge in [0.25, 0.3) is 0 Å². The summed E-state index contributed by atoms with van der Waals surface area (Å²) >= 11 is 2.76. The Morgan fingerprint density at radius 2 is 1.93 bits per heavy atom. The van der Waals surface area contributed by atoms with Crippen LogP contribution in [0.15, 0.2) is 40.0 Å². The number of halogens is 3. The molecular weight excluding hydrogens is 411 g/mol. The zero-order valence-corrected chi connectivity index (χ0v) is 15.9. The Balaban J connectivity index is 1.50.